The third-order valence-corrected chi connectivity index (χ3v) is 4.12. The maximum atomic E-state index is 12.5. The van der Waals surface area contributed by atoms with Crippen LogP contribution >= 0.6 is 0 Å². The molecule has 0 unspecified atom stereocenters. The van der Waals surface area contributed by atoms with E-state index in [1.807, 2.05) is 17.0 Å². The van der Waals surface area contributed by atoms with Crippen LogP contribution in [0.1, 0.15) is 12.0 Å². The fourth-order valence-corrected chi connectivity index (χ4v) is 2.95. The zero-order chi connectivity index (χ0) is 16.8. The lowest BCUT2D eigenvalue weighted by Crippen LogP contribution is -2.30. The SMILES string of the molecule is COC[C@@H]1CCN(C(=O)Cc2cc(OC)c(OC)c(OC)c2)C1. The summed E-state index contributed by atoms with van der Waals surface area (Å²) in [6.07, 6.45) is 1.31. The molecule has 6 nitrogen and oxygen atoms in total. The molecule has 0 aliphatic carbocycles. The van der Waals surface area contributed by atoms with Crippen LogP contribution in [0.15, 0.2) is 12.1 Å². The summed E-state index contributed by atoms with van der Waals surface area (Å²) in [6, 6.07) is 3.64. The molecule has 1 heterocycles. The third-order valence-electron chi connectivity index (χ3n) is 4.12. The number of rotatable bonds is 7. The topological polar surface area (TPSA) is 57.2 Å². The van der Waals surface area contributed by atoms with Gasteiger partial charge in [-0.25, -0.2) is 0 Å². The molecule has 0 aromatic heterocycles. The van der Waals surface area contributed by atoms with Crippen molar-refractivity contribution >= 4 is 5.91 Å². The summed E-state index contributed by atoms with van der Waals surface area (Å²) in [6.45, 7) is 2.25. The largest absolute Gasteiger partial charge is 0.493 e. The molecule has 1 fully saturated rings. The number of hydrogen-bond donors (Lipinski definition) is 0. The molecule has 128 valence electrons. The van der Waals surface area contributed by atoms with Crippen molar-refractivity contribution in [1.29, 1.82) is 0 Å². The van der Waals surface area contributed by atoms with E-state index in [4.69, 9.17) is 18.9 Å². The second-order valence-electron chi connectivity index (χ2n) is 5.66. The van der Waals surface area contributed by atoms with Crippen molar-refractivity contribution in [3.8, 4) is 17.2 Å². The van der Waals surface area contributed by atoms with E-state index < -0.39 is 0 Å². The van der Waals surface area contributed by atoms with Crippen LogP contribution in [-0.2, 0) is 16.0 Å². The molecule has 0 saturated carbocycles. The molecule has 0 spiro atoms. The van der Waals surface area contributed by atoms with Crippen LogP contribution < -0.4 is 14.2 Å². The maximum Gasteiger partial charge on any atom is 0.227 e. The molecule has 1 aliphatic heterocycles. The Labute approximate surface area is 137 Å². The molecular formula is C17H25NO5. The number of carbonyl (C=O) groups excluding carboxylic acids is 1. The summed E-state index contributed by atoms with van der Waals surface area (Å²) >= 11 is 0. The number of hydrogen-bond acceptors (Lipinski definition) is 5. The van der Waals surface area contributed by atoms with Crippen molar-refractivity contribution in [2.24, 2.45) is 5.92 Å². The van der Waals surface area contributed by atoms with Gasteiger partial charge in [0, 0.05) is 26.1 Å². The van der Waals surface area contributed by atoms with Crippen LogP contribution in [0.5, 0.6) is 17.2 Å². The first-order chi connectivity index (χ1) is 11.1. The second kappa shape index (κ2) is 8.06. The van der Waals surface area contributed by atoms with E-state index in [0.717, 1.165) is 25.1 Å². The van der Waals surface area contributed by atoms with Gasteiger partial charge in [-0.2, -0.15) is 0 Å². The monoisotopic (exact) mass is 323 g/mol. The Bertz CT molecular complexity index is 521. The van der Waals surface area contributed by atoms with Gasteiger partial charge in [-0.1, -0.05) is 0 Å². The molecule has 0 bridgehead atoms. The van der Waals surface area contributed by atoms with E-state index >= 15 is 0 Å². The molecule has 1 atom stereocenters. The van der Waals surface area contributed by atoms with Crippen LogP contribution in [-0.4, -0.2) is 58.9 Å². The van der Waals surface area contributed by atoms with Crippen LogP contribution in [0.25, 0.3) is 0 Å². The Morgan fingerprint density at radius 2 is 1.78 bits per heavy atom. The Morgan fingerprint density at radius 1 is 1.13 bits per heavy atom. The van der Waals surface area contributed by atoms with Gasteiger partial charge in [0.05, 0.1) is 34.4 Å². The average Bonchev–Trinajstić information content (AvgIpc) is 3.03. The summed E-state index contributed by atoms with van der Waals surface area (Å²) in [5, 5.41) is 0. The van der Waals surface area contributed by atoms with Crippen molar-refractivity contribution in [1.82, 2.24) is 4.90 Å². The first-order valence-electron chi connectivity index (χ1n) is 7.68. The molecule has 1 aliphatic rings. The molecule has 1 aromatic rings. The van der Waals surface area contributed by atoms with E-state index in [-0.39, 0.29) is 5.91 Å². The lowest BCUT2D eigenvalue weighted by atomic mass is 10.1. The van der Waals surface area contributed by atoms with Crippen LogP contribution in [0.2, 0.25) is 0 Å². The summed E-state index contributed by atoms with van der Waals surface area (Å²) in [7, 11) is 6.39. The summed E-state index contributed by atoms with van der Waals surface area (Å²) in [5.41, 5.74) is 0.847. The lowest BCUT2D eigenvalue weighted by Gasteiger charge is -2.18. The van der Waals surface area contributed by atoms with Crippen LogP contribution in [0.3, 0.4) is 0 Å². The van der Waals surface area contributed by atoms with Crippen LogP contribution in [0, 0.1) is 5.92 Å². The van der Waals surface area contributed by atoms with Crippen molar-refractivity contribution in [2.75, 3.05) is 48.1 Å². The van der Waals surface area contributed by atoms with E-state index in [1.165, 1.54) is 0 Å². The van der Waals surface area contributed by atoms with Crippen LogP contribution in [0.4, 0.5) is 0 Å². The number of ether oxygens (including phenoxy) is 4. The zero-order valence-corrected chi connectivity index (χ0v) is 14.3. The lowest BCUT2D eigenvalue weighted by molar-refractivity contribution is -0.129. The van der Waals surface area contributed by atoms with Crippen molar-refractivity contribution in [3.05, 3.63) is 17.7 Å². The molecule has 0 radical (unpaired) electrons. The normalized spacial score (nSPS) is 17.2. The van der Waals surface area contributed by atoms with Gasteiger partial charge in [0.25, 0.3) is 0 Å². The zero-order valence-electron chi connectivity index (χ0n) is 14.3. The van der Waals surface area contributed by atoms with Crippen molar-refractivity contribution in [2.45, 2.75) is 12.8 Å². The Hall–Kier alpha value is -1.95. The highest BCUT2D eigenvalue weighted by Crippen LogP contribution is 2.38. The predicted octanol–water partition coefficient (Wildman–Crippen LogP) is 1.75. The predicted molar refractivity (Wildman–Crippen MR) is 86.4 cm³/mol. The molecule has 1 saturated heterocycles. The standard InChI is InChI=1S/C17H25NO5/c1-20-11-12-5-6-18(10-12)16(19)9-13-7-14(21-2)17(23-4)15(8-13)22-3/h7-8,12H,5-6,9-11H2,1-4H3/t12-/m1/s1. The Kier molecular flexibility index (Phi) is 6.10. The van der Waals surface area contributed by atoms with Gasteiger partial charge in [-0.15, -0.1) is 0 Å². The highest BCUT2D eigenvalue weighted by molar-refractivity contribution is 5.79. The maximum absolute atomic E-state index is 12.5. The molecule has 1 aromatic carbocycles. The van der Waals surface area contributed by atoms with Crippen molar-refractivity contribution in [3.63, 3.8) is 0 Å². The minimum atomic E-state index is 0.109. The first kappa shape index (κ1) is 17.4. The first-order valence-corrected chi connectivity index (χ1v) is 7.68. The van der Waals surface area contributed by atoms with Gasteiger partial charge in [0.2, 0.25) is 11.7 Å². The Balaban J connectivity index is 2.09. The second-order valence-corrected chi connectivity index (χ2v) is 5.66. The fraction of sp³-hybridized carbons (Fsp3) is 0.588. The van der Waals surface area contributed by atoms with Crippen molar-refractivity contribution < 1.29 is 23.7 Å². The fourth-order valence-electron chi connectivity index (χ4n) is 2.95. The number of likely N-dealkylation sites (tertiary alicyclic amines) is 1. The smallest absolute Gasteiger partial charge is 0.227 e. The number of methoxy groups -OCH3 is 4. The summed E-state index contributed by atoms with van der Waals surface area (Å²) in [4.78, 5) is 14.4. The number of amides is 1. The van der Waals surface area contributed by atoms with Gasteiger partial charge < -0.3 is 23.8 Å². The average molecular weight is 323 g/mol. The molecule has 6 heteroatoms. The quantitative estimate of drug-likeness (QED) is 0.765. The van der Waals surface area contributed by atoms with Gasteiger partial charge >= 0.3 is 0 Å². The molecule has 23 heavy (non-hydrogen) atoms. The van der Waals surface area contributed by atoms with Gasteiger partial charge in [-0.3, -0.25) is 4.79 Å². The number of carbonyl (C=O) groups is 1. The molecule has 2 rings (SSSR count). The van der Waals surface area contributed by atoms with Gasteiger partial charge in [-0.05, 0) is 24.1 Å². The minimum Gasteiger partial charge on any atom is -0.493 e. The highest BCUT2D eigenvalue weighted by Gasteiger charge is 2.26. The molecule has 0 N–H and O–H groups in total. The van der Waals surface area contributed by atoms with Gasteiger partial charge in [0.15, 0.2) is 11.5 Å². The minimum absolute atomic E-state index is 0.109. The van der Waals surface area contributed by atoms with E-state index in [2.05, 4.69) is 0 Å². The van der Waals surface area contributed by atoms with E-state index in [9.17, 15) is 4.79 Å². The van der Waals surface area contributed by atoms with E-state index in [0.29, 0.717) is 36.2 Å². The highest BCUT2D eigenvalue weighted by atomic mass is 16.5. The molecule has 1 amide bonds. The molecular weight excluding hydrogens is 298 g/mol. The summed E-state index contributed by atoms with van der Waals surface area (Å²) in [5.74, 6) is 2.20. The Morgan fingerprint density at radius 3 is 2.30 bits per heavy atom. The number of benzene rings is 1. The van der Waals surface area contributed by atoms with E-state index in [1.54, 1.807) is 28.4 Å². The number of nitrogens with zero attached hydrogens (tertiary/aromatic N) is 1. The summed E-state index contributed by atoms with van der Waals surface area (Å²) < 4.78 is 21.1. The van der Waals surface area contributed by atoms with Gasteiger partial charge in [0.1, 0.15) is 0 Å². The third kappa shape index (κ3) is 4.07.